The first-order chi connectivity index (χ1) is 13.6. The largest absolute Gasteiger partial charge is 0.361 e. The number of hydrogen-bond acceptors (Lipinski definition) is 1. The van der Waals surface area contributed by atoms with Gasteiger partial charge in [-0.3, -0.25) is 0 Å². The number of nitrogens with zero attached hydrogens (tertiary/aromatic N) is 1. The molecule has 1 aliphatic rings. The molecule has 0 saturated heterocycles. The number of amides is 2. The minimum absolute atomic E-state index is 0.232. The molecule has 3 aromatic carbocycles. The van der Waals surface area contributed by atoms with E-state index < -0.39 is 6.03 Å². The van der Waals surface area contributed by atoms with Crippen molar-refractivity contribution in [2.75, 3.05) is 0 Å². The molecule has 0 spiro atoms. The summed E-state index contributed by atoms with van der Waals surface area (Å²) in [5.41, 5.74) is 12.2. The number of aromatic amines is 1. The first-order valence-electron chi connectivity index (χ1n) is 9.12. The Kier molecular flexibility index (Phi) is 3.88. The molecule has 1 aliphatic heterocycles. The number of H-pyrrole nitrogens is 1. The second-order valence-electron chi connectivity index (χ2n) is 7.08. The molecule has 28 heavy (non-hydrogen) atoms. The van der Waals surface area contributed by atoms with Crippen molar-refractivity contribution in [2.24, 2.45) is 5.73 Å². The van der Waals surface area contributed by atoms with Gasteiger partial charge in [0.2, 0.25) is 0 Å². The average Bonchev–Trinajstić information content (AvgIpc) is 3.28. The maximum Gasteiger partial charge on any atom is 0.315 e. The van der Waals surface area contributed by atoms with Crippen molar-refractivity contribution in [3.8, 4) is 11.1 Å². The molecule has 0 bridgehead atoms. The van der Waals surface area contributed by atoms with E-state index in [1.807, 2.05) is 42.6 Å². The fourth-order valence-corrected chi connectivity index (χ4v) is 4.32. The van der Waals surface area contributed by atoms with Gasteiger partial charge in [-0.05, 0) is 46.5 Å². The fourth-order valence-electron chi connectivity index (χ4n) is 4.14. The van der Waals surface area contributed by atoms with E-state index in [0.29, 0.717) is 11.6 Å². The first kappa shape index (κ1) is 16.9. The van der Waals surface area contributed by atoms with E-state index in [-0.39, 0.29) is 6.04 Å². The Hall–Kier alpha value is -3.24. The predicted molar refractivity (Wildman–Crippen MR) is 112 cm³/mol. The van der Waals surface area contributed by atoms with Crippen molar-refractivity contribution in [3.05, 3.63) is 94.6 Å². The van der Waals surface area contributed by atoms with Crippen molar-refractivity contribution >= 4 is 28.5 Å². The molecular weight excluding hydrogens is 370 g/mol. The van der Waals surface area contributed by atoms with Gasteiger partial charge in [0.1, 0.15) is 0 Å². The number of hydrogen-bond donors (Lipinski definition) is 2. The van der Waals surface area contributed by atoms with E-state index in [1.165, 1.54) is 0 Å². The highest BCUT2D eigenvalue weighted by Crippen LogP contribution is 2.42. The molecule has 2 heterocycles. The summed E-state index contributed by atoms with van der Waals surface area (Å²) in [5.74, 6) is 0. The number of benzene rings is 3. The molecular formula is C23H18ClN3O. The summed E-state index contributed by atoms with van der Waals surface area (Å²) in [4.78, 5) is 17.2. The van der Waals surface area contributed by atoms with E-state index in [0.717, 1.165) is 38.7 Å². The van der Waals surface area contributed by atoms with Crippen LogP contribution < -0.4 is 5.73 Å². The Morgan fingerprint density at radius 3 is 2.61 bits per heavy atom. The first-order valence-corrected chi connectivity index (χ1v) is 9.50. The van der Waals surface area contributed by atoms with Crippen LogP contribution in [0.4, 0.5) is 4.79 Å². The fraction of sp³-hybridized carbons (Fsp3) is 0.0870. The standard InChI is InChI=1S/C23H18ClN3O/c24-17-7-9-21-19(11-17)20(12-26-21)22-18-8-6-15(14-4-2-1-3-5-14)10-16(18)13-27(22)23(25)28/h1-12,22,26H,13H2,(H2,25,28). The number of primary amides is 1. The number of aromatic nitrogens is 1. The zero-order chi connectivity index (χ0) is 19.3. The number of carbonyl (C=O) groups excluding carboxylic acids is 1. The summed E-state index contributed by atoms with van der Waals surface area (Å²) < 4.78 is 0. The molecule has 138 valence electrons. The van der Waals surface area contributed by atoms with Crippen LogP contribution in [0.1, 0.15) is 22.7 Å². The van der Waals surface area contributed by atoms with Crippen LogP contribution in [-0.4, -0.2) is 15.9 Å². The Bertz CT molecular complexity index is 1200. The molecule has 4 nitrogen and oxygen atoms in total. The number of fused-ring (bicyclic) bond motifs is 2. The number of urea groups is 1. The Morgan fingerprint density at radius 2 is 1.82 bits per heavy atom. The number of halogens is 1. The van der Waals surface area contributed by atoms with Crippen molar-refractivity contribution in [3.63, 3.8) is 0 Å². The molecule has 1 unspecified atom stereocenters. The van der Waals surface area contributed by atoms with Crippen molar-refractivity contribution in [1.29, 1.82) is 0 Å². The lowest BCUT2D eigenvalue weighted by Crippen LogP contribution is -2.34. The molecule has 0 aliphatic carbocycles. The highest BCUT2D eigenvalue weighted by Gasteiger charge is 2.35. The topological polar surface area (TPSA) is 62.1 Å². The molecule has 2 amide bonds. The summed E-state index contributed by atoms with van der Waals surface area (Å²) in [6.07, 6.45) is 1.95. The molecule has 1 aromatic heterocycles. The maximum absolute atomic E-state index is 12.2. The third-order valence-electron chi connectivity index (χ3n) is 5.45. The van der Waals surface area contributed by atoms with E-state index >= 15 is 0 Å². The molecule has 0 radical (unpaired) electrons. The SMILES string of the molecule is NC(=O)N1Cc2cc(-c3ccccc3)ccc2C1c1c[nH]c2ccc(Cl)cc12. The van der Waals surface area contributed by atoms with Gasteiger partial charge in [0.05, 0.1) is 6.04 Å². The molecule has 5 rings (SSSR count). The predicted octanol–water partition coefficient (Wildman–Crippen LogP) is 5.47. The van der Waals surface area contributed by atoms with Gasteiger partial charge >= 0.3 is 6.03 Å². The Morgan fingerprint density at radius 1 is 1.00 bits per heavy atom. The van der Waals surface area contributed by atoms with Gasteiger partial charge in [0.25, 0.3) is 0 Å². The van der Waals surface area contributed by atoms with E-state index in [1.54, 1.807) is 4.90 Å². The second-order valence-corrected chi connectivity index (χ2v) is 7.52. The Balaban J connectivity index is 1.66. The lowest BCUT2D eigenvalue weighted by molar-refractivity contribution is 0.199. The summed E-state index contributed by atoms with van der Waals surface area (Å²) in [6, 6.07) is 21.7. The van der Waals surface area contributed by atoms with E-state index in [9.17, 15) is 4.79 Å². The third kappa shape index (κ3) is 2.65. The number of rotatable bonds is 2. The zero-order valence-corrected chi connectivity index (χ0v) is 15.8. The van der Waals surface area contributed by atoms with E-state index in [4.69, 9.17) is 17.3 Å². The van der Waals surface area contributed by atoms with Crippen LogP contribution >= 0.6 is 11.6 Å². The Labute approximate surface area is 167 Å². The summed E-state index contributed by atoms with van der Waals surface area (Å²) in [7, 11) is 0. The summed E-state index contributed by atoms with van der Waals surface area (Å²) in [6.45, 7) is 0.489. The molecule has 0 saturated carbocycles. The molecule has 3 N–H and O–H groups in total. The van der Waals surface area contributed by atoms with Gasteiger partial charge < -0.3 is 15.6 Å². The maximum atomic E-state index is 12.2. The van der Waals surface area contributed by atoms with Gasteiger partial charge in [-0.15, -0.1) is 0 Å². The quantitative estimate of drug-likeness (QED) is 0.470. The van der Waals surface area contributed by atoms with Gasteiger partial charge in [0.15, 0.2) is 0 Å². The van der Waals surface area contributed by atoms with Gasteiger partial charge in [-0.2, -0.15) is 0 Å². The minimum atomic E-state index is -0.432. The molecule has 5 heteroatoms. The lowest BCUT2D eigenvalue weighted by Gasteiger charge is -2.23. The van der Waals surface area contributed by atoms with Crippen LogP contribution in [0.15, 0.2) is 72.9 Å². The van der Waals surface area contributed by atoms with Crippen LogP contribution in [0.3, 0.4) is 0 Å². The zero-order valence-electron chi connectivity index (χ0n) is 15.0. The van der Waals surface area contributed by atoms with Crippen LogP contribution in [0.5, 0.6) is 0 Å². The van der Waals surface area contributed by atoms with Crippen LogP contribution in [-0.2, 0) is 6.54 Å². The summed E-state index contributed by atoms with van der Waals surface area (Å²) in [5, 5.41) is 1.67. The van der Waals surface area contributed by atoms with Gasteiger partial charge in [0, 0.05) is 34.2 Å². The van der Waals surface area contributed by atoms with Crippen LogP contribution in [0, 0.1) is 0 Å². The van der Waals surface area contributed by atoms with Crippen molar-refractivity contribution in [2.45, 2.75) is 12.6 Å². The van der Waals surface area contributed by atoms with Gasteiger partial charge in [-0.25, -0.2) is 4.79 Å². The highest BCUT2D eigenvalue weighted by atomic mass is 35.5. The van der Waals surface area contributed by atoms with Crippen molar-refractivity contribution in [1.82, 2.24) is 9.88 Å². The highest BCUT2D eigenvalue weighted by molar-refractivity contribution is 6.31. The van der Waals surface area contributed by atoms with Gasteiger partial charge in [-0.1, -0.05) is 54.1 Å². The minimum Gasteiger partial charge on any atom is -0.361 e. The van der Waals surface area contributed by atoms with Crippen LogP contribution in [0.2, 0.25) is 5.02 Å². The molecule has 1 atom stereocenters. The van der Waals surface area contributed by atoms with Crippen molar-refractivity contribution < 1.29 is 4.79 Å². The number of nitrogens with two attached hydrogens (primary N) is 1. The molecule has 0 fully saturated rings. The second kappa shape index (κ2) is 6.43. The third-order valence-corrected chi connectivity index (χ3v) is 5.69. The normalized spacial score (nSPS) is 15.8. The average molecular weight is 388 g/mol. The molecule has 4 aromatic rings. The lowest BCUT2D eigenvalue weighted by atomic mass is 9.94. The number of nitrogens with one attached hydrogen (secondary N) is 1. The monoisotopic (exact) mass is 387 g/mol. The van der Waals surface area contributed by atoms with Crippen LogP contribution in [0.25, 0.3) is 22.0 Å². The number of carbonyl (C=O) groups is 1. The summed E-state index contributed by atoms with van der Waals surface area (Å²) >= 11 is 6.22. The smallest absolute Gasteiger partial charge is 0.315 e. The van der Waals surface area contributed by atoms with E-state index in [2.05, 4.69) is 35.3 Å².